The monoisotopic (exact) mass is 374 g/mol. The summed E-state index contributed by atoms with van der Waals surface area (Å²) in [6.07, 6.45) is 9.47. The summed E-state index contributed by atoms with van der Waals surface area (Å²) in [4.78, 5) is 35.6. The van der Waals surface area contributed by atoms with Crippen molar-refractivity contribution in [3.8, 4) is 0 Å². The molecule has 3 aliphatic heterocycles. The van der Waals surface area contributed by atoms with Gasteiger partial charge in [-0.1, -0.05) is 0 Å². The summed E-state index contributed by atoms with van der Waals surface area (Å²) in [5, 5.41) is 4.01. The molecule has 3 saturated heterocycles. The molecule has 27 heavy (non-hydrogen) atoms. The molecule has 0 aliphatic carbocycles. The summed E-state index contributed by atoms with van der Waals surface area (Å²) in [5.41, 5.74) is 0. The lowest BCUT2D eigenvalue weighted by Crippen LogP contribution is -2.52. The zero-order valence-electron chi connectivity index (χ0n) is 16.0. The van der Waals surface area contributed by atoms with Gasteiger partial charge in [0.15, 0.2) is 0 Å². The molecule has 3 fully saturated rings. The van der Waals surface area contributed by atoms with Gasteiger partial charge in [0.05, 0.1) is 5.92 Å². The SMILES string of the molecule is O=C(Cn1cncn1)N1CCC(N2CCC[C@H](C(=O)N3CCCC3)C2)CC1. The average Bonchev–Trinajstić information content (AvgIpc) is 3.42. The van der Waals surface area contributed by atoms with E-state index in [9.17, 15) is 9.59 Å². The fourth-order valence-corrected chi connectivity index (χ4v) is 4.77. The predicted octanol–water partition coefficient (Wildman–Crippen LogP) is 0.604. The minimum Gasteiger partial charge on any atom is -0.342 e. The van der Waals surface area contributed by atoms with Crippen LogP contribution < -0.4 is 0 Å². The van der Waals surface area contributed by atoms with Crippen LogP contribution in [-0.4, -0.2) is 86.6 Å². The number of carbonyl (C=O) groups excluding carboxylic acids is 2. The Hall–Kier alpha value is -1.96. The van der Waals surface area contributed by atoms with Crippen molar-refractivity contribution in [1.29, 1.82) is 0 Å². The van der Waals surface area contributed by atoms with Crippen molar-refractivity contribution < 1.29 is 9.59 Å². The molecule has 8 heteroatoms. The van der Waals surface area contributed by atoms with Gasteiger partial charge in [0.25, 0.3) is 0 Å². The fraction of sp³-hybridized carbons (Fsp3) is 0.789. The molecule has 0 aromatic carbocycles. The van der Waals surface area contributed by atoms with E-state index in [1.807, 2.05) is 4.90 Å². The molecular formula is C19H30N6O2. The molecular weight excluding hydrogens is 344 g/mol. The maximum Gasteiger partial charge on any atom is 0.244 e. The second-order valence-corrected chi connectivity index (χ2v) is 8.07. The van der Waals surface area contributed by atoms with Crippen LogP contribution in [0.5, 0.6) is 0 Å². The molecule has 2 amide bonds. The Bertz CT molecular complexity index is 635. The van der Waals surface area contributed by atoms with Crippen LogP contribution in [0.15, 0.2) is 12.7 Å². The Kier molecular flexibility index (Phi) is 5.71. The molecule has 8 nitrogen and oxygen atoms in total. The second-order valence-electron chi connectivity index (χ2n) is 8.07. The van der Waals surface area contributed by atoms with E-state index in [1.165, 1.54) is 6.33 Å². The van der Waals surface area contributed by atoms with Gasteiger partial charge in [0, 0.05) is 38.8 Å². The van der Waals surface area contributed by atoms with E-state index in [0.29, 0.717) is 11.9 Å². The van der Waals surface area contributed by atoms with Crippen molar-refractivity contribution in [2.45, 2.75) is 51.1 Å². The van der Waals surface area contributed by atoms with Gasteiger partial charge in [-0.05, 0) is 45.1 Å². The lowest BCUT2D eigenvalue weighted by Gasteiger charge is -2.42. The first kappa shape index (κ1) is 18.4. The van der Waals surface area contributed by atoms with E-state index < -0.39 is 0 Å². The van der Waals surface area contributed by atoms with E-state index in [1.54, 1.807) is 11.0 Å². The van der Waals surface area contributed by atoms with Crippen LogP contribution in [0.4, 0.5) is 0 Å². The summed E-state index contributed by atoms with van der Waals surface area (Å²) in [7, 11) is 0. The normalized spacial score (nSPS) is 25.1. The molecule has 0 bridgehead atoms. The Morgan fingerprint density at radius 1 is 0.926 bits per heavy atom. The van der Waals surface area contributed by atoms with Crippen molar-refractivity contribution in [3.63, 3.8) is 0 Å². The lowest BCUT2D eigenvalue weighted by atomic mass is 9.93. The molecule has 0 saturated carbocycles. The third-order valence-corrected chi connectivity index (χ3v) is 6.32. The molecule has 0 radical (unpaired) electrons. The number of aromatic nitrogens is 3. The van der Waals surface area contributed by atoms with Crippen LogP contribution >= 0.6 is 0 Å². The molecule has 3 aliphatic rings. The number of piperidine rings is 2. The Balaban J connectivity index is 1.26. The first-order valence-electron chi connectivity index (χ1n) is 10.3. The largest absolute Gasteiger partial charge is 0.342 e. The summed E-state index contributed by atoms with van der Waals surface area (Å²) in [6.45, 7) is 5.72. The zero-order chi connectivity index (χ0) is 18.6. The summed E-state index contributed by atoms with van der Waals surface area (Å²) in [6, 6.07) is 0.495. The number of amides is 2. The predicted molar refractivity (Wildman–Crippen MR) is 99.7 cm³/mol. The maximum atomic E-state index is 12.8. The zero-order valence-corrected chi connectivity index (χ0v) is 16.0. The van der Waals surface area contributed by atoms with E-state index in [0.717, 1.165) is 77.8 Å². The highest BCUT2D eigenvalue weighted by Gasteiger charge is 2.34. The van der Waals surface area contributed by atoms with Gasteiger partial charge < -0.3 is 9.80 Å². The van der Waals surface area contributed by atoms with Crippen molar-refractivity contribution in [2.75, 3.05) is 39.3 Å². The molecule has 1 atom stereocenters. The van der Waals surface area contributed by atoms with Gasteiger partial charge in [0.1, 0.15) is 19.2 Å². The van der Waals surface area contributed by atoms with Gasteiger partial charge in [-0.2, -0.15) is 5.10 Å². The molecule has 1 aromatic heterocycles. The molecule has 4 heterocycles. The standard InChI is InChI=1S/C19H30N6O2/c26-18(13-25-15-20-14-21-25)22-10-5-17(6-11-22)24-9-3-4-16(12-24)19(27)23-7-1-2-8-23/h14-17H,1-13H2/t16-/m0/s1. The lowest BCUT2D eigenvalue weighted by molar-refractivity contribution is -0.136. The fourth-order valence-electron chi connectivity index (χ4n) is 4.77. The number of nitrogens with zero attached hydrogens (tertiary/aromatic N) is 6. The van der Waals surface area contributed by atoms with Gasteiger partial charge in [-0.15, -0.1) is 0 Å². The van der Waals surface area contributed by atoms with Crippen molar-refractivity contribution >= 4 is 11.8 Å². The highest BCUT2D eigenvalue weighted by atomic mass is 16.2. The highest BCUT2D eigenvalue weighted by Crippen LogP contribution is 2.26. The number of likely N-dealkylation sites (tertiary alicyclic amines) is 3. The average molecular weight is 374 g/mol. The van der Waals surface area contributed by atoms with Crippen molar-refractivity contribution in [1.82, 2.24) is 29.5 Å². The van der Waals surface area contributed by atoms with E-state index in [4.69, 9.17) is 0 Å². The second kappa shape index (κ2) is 8.37. The van der Waals surface area contributed by atoms with Crippen LogP contribution in [-0.2, 0) is 16.1 Å². The Morgan fingerprint density at radius 2 is 1.70 bits per heavy atom. The summed E-state index contributed by atoms with van der Waals surface area (Å²) in [5.74, 6) is 0.654. The van der Waals surface area contributed by atoms with Crippen LogP contribution in [0, 0.1) is 5.92 Å². The van der Waals surface area contributed by atoms with Crippen LogP contribution in [0.1, 0.15) is 38.5 Å². The quantitative estimate of drug-likeness (QED) is 0.772. The molecule has 4 rings (SSSR count). The minimum atomic E-state index is 0.111. The van der Waals surface area contributed by atoms with Crippen LogP contribution in [0.2, 0.25) is 0 Å². The highest BCUT2D eigenvalue weighted by molar-refractivity contribution is 5.79. The van der Waals surface area contributed by atoms with E-state index in [-0.39, 0.29) is 18.4 Å². The number of rotatable bonds is 4. The third kappa shape index (κ3) is 4.31. The Labute approximate surface area is 160 Å². The van der Waals surface area contributed by atoms with Gasteiger partial charge in [-0.3, -0.25) is 14.5 Å². The topological polar surface area (TPSA) is 74.6 Å². The van der Waals surface area contributed by atoms with Gasteiger partial charge in [0.2, 0.25) is 11.8 Å². The Morgan fingerprint density at radius 3 is 2.41 bits per heavy atom. The first-order valence-corrected chi connectivity index (χ1v) is 10.3. The first-order chi connectivity index (χ1) is 13.2. The minimum absolute atomic E-state index is 0.111. The molecule has 1 aromatic rings. The van der Waals surface area contributed by atoms with Crippen molar-refractivity contribution in [2.24, 2.45) is 5.92 Å². The molecule has 0 unspecified atom stereocenters. The van der Waals surface area contributed by atoms with Gasteiger partial charge in [-0.25, -0.2) is 9.67 Å². The summed E-state index contributed by atoms with van der Waals surface area (Å²) >= 11 is 0. The molecule has 148 valence electrons. The maximum absolute atomic E-state index is 12.8. The smallest absolute Gasteiger partial charge is 0.244 e. The number of hydrogen-bond acceptors (Lipinski definition) is 5. The third-order valence-electron chi connectivity index (χ3n) is 6.32. The van der Waals surface area contributed by atoms with Crippen LogP contribution in [0.25, 0.3) is 0 Å². The van der Waals surface area contributed by atoms with E-state index in [2.05, 4.69) is 19.9 Å². The number of hydrogen-bond donors (Lipinski definition) is 0. The summed E-state index contributed by atoms with van der Waals surface area (Å²) < 4.78 is 1.58. The van der Waals surface area contributed by atoms with Gasteiger partial charge >= 0.3 is 0 Å². The number of carbonyl (C=O) groups is 2. The van der Waals surface area contributed by atoms with Crippen LogP contribution in [0.3, 0.4) is 0 Å². The molecule has 0 N–H and O–H groups in total. The van der Waals surface area contributed by atoms with E-state index >= 15 is 0 Å². The molecule has 0 spiro atoms. The van der Waals surface area contributed by atoms with Crippen molar-refractivity contribution in [3.05, 3.63) is 12.7 Å².